The molecule has 0 atom stereocenters. The van der Waals surface area contributed by atoms with E-state index in [4.69, 9.17) is 14.2 Å². The van der Waals surface area contributed by atoms with Gasteiger partial charge in [-0.2, -0.15) is 0 Å². The molecule has 0 bridgehead atoms. The van der Waals surface area contributed by atoms with E-state index in [1.165, 1.54) is 5.69 Å². The van der Waals surface area contributed by atoms with E-state index < -0.39 is 0 Å². The number of anilines is 1. The summed E-state index contributed by atoms with van der Waals surface area (Å²) in [6, 6.07) is 14.1. The summed E-state index contributed by atoms with van der Waals surface area (Å²) in [7, 11) is 1.68. The second-order valence-electron chi connectivity index (χ2n) is 7.75. The van der Waals surface area contributed by atoms with E-state index in [0.29, 0.717) is 26.1 Å². The Morgan fingerprint density at radius 1 is 0.933 bits per heavy atom. The summed E-state index contributed by atoms with van der Waals surface area (Å²) >= 11 is 0. The molecule has 2 aliphatic rings. The lowest BCUT2D eigenvalue weighted by atomic mass is 10.1. The van der Waals surface area contributed by atoms with Crippen LogP contribution in [-0.2, 0) is 11.2 Å². The van der Waals surface area contributed by atoms with Gasteiger partial charge in [0.1, 0.15) is 5.75 Å². The smallest absolute Gasteiger partial charge is 0.222 e. The largest absolute Gasteiger partial charge is 0.497 e. The molecule has 160 valence electrons. The fourth-order valence-electron chi connectivity index (χ4n) is 3.99. The molecule has 0 N–H and O–H groups in total. The van der Waals surface area contributed by atoms with Crippen LogP contribution in [0.5, 0.6) is 17.2 Å². The van der Waals surface area contributed by atoms with Crippen LogP contribution >= 0.6 is 0 Å². The molecule has 2 aromatic carbocycles. The van der Waals surface area contributed by atoms with Crippen molar-refractivity contribution in [3.8, 4) is 17.2 Å². The van der Waals surface area contributed by atoms with Crippen LogP contribution in [0.2, 0.25) is 0 Å². The summed E-state index contributed by atoms with van der Waals surface area (Å²) in [6.07, 6.45) is 3.10. The van der Waals surface area contributed by atoms with E-state index in [-0.39, 0.29) is 5.91 Å². The number of methoxy groups -OCH3 is 1. The monoisotopic (exact) mass is 410 g/mol. The van der Waals surface area contributed by atoms with Crippen LogP contribution in [0.1, 0.15) is 24.8 Å². The number of nitrogens with zero attached hydrogens (tertiary/aromatic N) is 2. The predicted octanol–water partition coefficient (Wildman–Crippen LogP) is 3.53. The second-order valence-corrected chi connectivity index (χ2v) is 7.75. The van der Waals surface area contributed by atoms with Gasteiger partial charge in [-0.3, -0.25) is 4.79 Å². The van der Waals surface area contributed by atoms with Crippen molar-refractivity contribution in [1.29, 1.82) is 0 Å². The number of ether oxygens (including phenoxy) is 3. The van der Waals surface area contributed by atoms with Crippen molar-refractivity contribution in [2.45, 2.75) is 25.7 Å². The normalized spacial score (nSPS) is 16.6. The molecule has 0 spiro atoms. The number of amides is 1. The third-order valence-electron chi connectivity index (χ3n) is 5.73. The number of aryl methyl sites for hydroxylation is 1. The Hall–Kier alpha value is -2.89. The highest BCUT2D eigenvalue weighted by Crippen LogP contribution is 2.31. The van der Waals surface area contributed by atoms with Crippen molar-refractivity contribution in [1.82, 2.24) is 4.90 Å². The zero-order chi connectivity index (χ0) is 20.8. The molecule has 30 heavy (non-hydrogen) atoms. The predicted molar refractivity (Wildman–Crippen MR) is 117 cm³/mol. The first-order valence-corrected chi connectivity index (χ1v) is 10.8. The van der Waals surface area contributed by atoms with Crippen molar-refractivity contribution in [2.75, 3.05) is 51.4 Å². The molecular weight excluding hydrogens is 380 g/mol. The van der Waals surface area contributed by atoms with Crippen molar-refractivity contribution < 1.29 is 19.0 Å². The standard InChI is InChI=1S/C24H30N2O4/c1-28-21-8-6-20(7-9-21)25-12-2-13-26(15-14-25)24(27)11-5-19-4-10-22-23(18-19)30-17-3-16-29-22/h4,6-10,18H,2-3,5,11-17H2,1H3. The fraction of sp³-hybridized carbons (Fsp3) is 0.458. The number of rotatable bonds is 5. The first-order chi connectivity index (χ1) is 14.7. The van der Waals surface area contributed by atoms with Gasteiger partial charge in [0.25, 0.3) is 0 Å². The number of carbonyl (C=O) groups excluding carboxylic acids is 1. The summed E-state index contributed by atoms with van der Waals surface area (Å²) in [4.78, 5) is 17.2. The van der Waals surface area contributed by atoms with E-state index in [1.54, 1.807) is 7.11 Å². The lowest BCUT2D eigenvalue weighted by Crippen LogP contribution is -2.35. The van der Waals surface area contributed by atoms with Gasteiger partial charge >= 0.3 is 0 Å². The average Bonchev–Trinajstić information content (AvgIpc) is 3.18. The summed E-state index contributed by atoms with van der Waals surface area (Å²) < 4.78 is 16.7. The second kappa shape index (κ2) is 9.74. The molecule has 0 aliphatic carbocycles. The molecule has 6 heteroatoms. The number of benzene rings is 2. The molecule has 6 nitrogen and oxygen atoms in total. The van der Waals surface area contributed by atoms with Gasteiger partial charge in [-0.1, -0.05) is 6.07 Å². The van der Waals surface area contributed by atoms with Gasteiger partial charge in [0.2, 0.25) is 5.91 Å². The molecule has 2 heterocycles. The number of hydrogen-bond donors (Lipinski definition) is 0. The van der Waals surface area contributed by atoms with E-state index in [2.05, 4.69) is 17.0 Å². The zero-order valence-corrected chi connectivity index (χ0v) is 17.6. The van der Waals surface area contributed by atoms with Crippen molar-refractivity contribution in [3.05, 3.63) is 48.0 Å². The van der Waals surface area contributed by atoms with Gasteiger partial charge in [-0.15, -0.1) is 0 Å². The van der Waals surface area contributed by atoms with Gasteiger partial charge in [0, 0.05) is 44.7 Å². The summed E-state index contributed by atoms with van der Waals surface area (Å²) in [5.41, 5.74) is 2.29. The first kappa shape index (κ1) is 20.4. The molecule has 1 amide bonds. The van der Waals surface area contributed by atoms with Crippen LogP contribution in [0, 0.1) is 0 Å². The molecule has 0 unspecified atom stereocenters. The molecule has 0 radical (unpaired) electrons. The third kappa shape index (κ3) is 4.99. The Morgan fingerprint density at radius 3 is 2.53 bits per heavy atom. The van der Waals surface area contributed by atoms with Crippen LogP contribution in [0.3, 0.4) is 0 Å². The number of carbonyl (C=O) groups is 1. The molecule has 1 saturated heterocycles. The third-order valence-corrected chi connectivity index (χ3v) is 5.73. The molecule has 2 aromatic rings. The SMILES string of the molecule is COc1ccc(N2CCCN(C(=O)CCc3ccc4c(c3)OCCCO4)CC2)cc1. The van der Waals surface area contributed by atoms with E-state index in [9.17, 15) is 4.79 Å². The number of fused-ring (bicyclic) bond motifs is 1. The van der Waals surface area contributed by atoms with Crippen LogP contribution < -0.4 is 19.1 Å². The molecule has 0 aromatic heterocycles. The Balaban J connectivity index is 1.30. The minimum Gasteiger partial charge on any atom is -0.497 e. The molecule has 2 aliphatic heterocycles. The Kier molecular flexibility index (Phi) is 6.62. The van der Waals surface area contributed by atoms with Crippen molar-refractivity contribution in [3.63, 3.8) is 0 Å². The molecule has 4 rings (SSSR count). The lowest BCUT2D eigenvalue weighted by molar-refractivity contribution is -0.130. The van der Waals surface area contributed by atoms with Gasteiger partial charge < -0.3 is 24.0 Å². The highest BCUT2D eigenvalue weighted by Gasteiger charge is 2.20. The minimum atomic E-state index is 0.221. The Labute approximate surface area is 178 Å². The van der Waals surface area contributed by atoms with Crippen molar-refractivity contribution >= 4 is 11.6 Å². The summed E-state index contributed by atoms with van der Waals surface area (Å²) in [5, 5.41) is 0. The highest BCUT2D eigenvalue weighted by atomic mass is 16.5. The first-order valence-electron chi connectivity index (χ1n) is 10.8. The van der Waals surface area contributed by atoms with Gasteiger partial charge in [-0.25, -0.2) is 0 Å². The Morgan fingerprint density at radius 2 is 1.73 bits per heavy atom. The Bertz CT molecular complexity index is 853. The van der Waals surface area contributed by atoms with E-state index >= 15 is 0 Å². The van der Waals surface area contributed by atoms with E-state index in [0.717, 1.165) is 61.8 Å². The summed E-state index contributed by atoms with van der Waals surface area (Å²) in [6.45, 7) is 4.74. The van der Waals surface area contributed by atoms with Gasteiger partial charge in [-0.05, 0) is 54.8 Å². The van der Waals surface area contributed by atoms with Crippen LogP contribution in [0.15, 0.2) is 42.5 Å². The maximum atomic E-state index is 12.8. The lowest BCUT2D eigenvalue weighted by Gasteiger charge is -2.24. The van der Waals surface area contributed by atoms with Crippen molar-refractivity contribution in [2.24, 2.45) is 0 Å². The summed E-state index contributed by atoms with van der Waals surface area (Å²) in [5.74, 6) is 2.68. The fourth-order valence-corrected chi connectivity index (χ4v) is 3.99. The minimum absolute atomic E-state index is 0.221. The topological polar surface area (TPSA) is 51.2 Å². The molecular formula is C24H30N2O4. The average molecular weight is 411 g/mol. The van der Waals surface area contributed by atoms with Crippen LogP contribution in [0.4, 0.5) is 5.69 Å². The van der Waals surface area contributed by atoms with Gasteiger partial charge in [0.15, 0.2) is 11.5 Å². The maximum Gasteiger partial charge on any atom is 0.222 e. The van der Waals surface area contributed by atoms with Gasteiger partial charge in [0.05, 0.1) is 20.3 Å². The zero-order valence-electron chi connectivity index (χ0n) is 17.6. The maximum absolute atomic E-state index is 12.8. The highest BCUT2D eigenvalue weighted by molar-refractivity contribution is 5.76. The van der Waals surface area contributed by atoms with E-state index in [1.807, 2.05) is 35.2 Å². The van der Waals surface area contributed by atoms with Crippen LogP contribution in [0.25, 0.3) is 0 Å². The van der Waals surface area contributed by atoms with Crippen LogP contribution in [-0.4, -0.2) is 57.3 Å². The molecule has 0 saturated carbocycles. The molecule has 1 fully saturated rings. The quantitative estimate of drug-likeness (QED) is 0.755. The number of hydrogen-bond acceptors (Lipinski definition) is 5.